The molecule has 0 aromatic heterocycles. The molecule has 2 nitrogen and oxygen atoms in total. The molecule has 0 aromatic carbocycles. The Kier molecular flexibility index (Phi) is 12.8. The van der Waals surface area contributed by atoms with Gasteiger partial charge in [0, 0.05) is 24.2 Å². The van der Waals surface area contributed by atoms with Crippen LogP contribution in [0.25, 0.3) is 0 Å². The second-order valence-corrected chi connectivity index (χ2v) is 7.25. The van der Waals surface area contributed by atoms with E-state index in [-0.39, 0.29) is 0 Å². The summed E-state index contributed by atoms with van der Waals surface area (Å²) in [6, 6.07) is 2.64. The molecule has 124 valence electrons. The summed E-state index contributed by atoms with van der Waals surface area (Å²) in [4.78, 5) is 2.46. The molecule has 0 heterocycles. The predicted molar refractivity (Wildman–Crippen MR) is 94.4 cm³/mol. The van der Waals surface area contributed by atoms with Gasteiger partial charge in [-0.25, -0.2) is 0 Å². The van der Waals surface area contributed by atoms with E-state index in [1.54, 1.807) is 0 Å². The zero-order chi connectivity index (χ0) is 16.5. The van der Waals surface area contributed by atoms with Gasteiger partial charge in [0.1, 0.15) is 0 Å². The van der Waals surface area contributed by atoms with Crippen molar-refractivity contribution in [3.05, 3.63) is 0 Å². The van der Waals surface area contributed by atoms with Crippen molar-refractivity contribution in [1.29, 1.82) is 0 Å². The molecule has 0 amide bonds. The van der Waals surface area contributed by atoms with E-state index in [4.69, 9.17) is 0 Å². The minimum Gasteiger partial charge on any atom is -0.311 e. The summed E-state index contributed by atoms with van der Waals surface area (Å²) in [5, 5.41) is 3.58. The molecule has 2 atom stereocenters. The van der Waals surface area contributed by atoms with Crippen LogP contribution in [0, 0.1) is 11.8 Å². The molecule has 1 N–H and O–H groups in total. The first-order chi connectivity index (χ1) is 9.04. The topological polar surface area (TPSA) is 15.3 Å². The van der Waals surface area contributed by atoms with Crippen molar-refractivity contribution >= 4 is 0 Å². The van der Waals surface area contributed by atoms with E-state index < -0.39 is 0 Å². The minimum atomic E-state index is 0.632. The molecule has 0 fully saturated rings. The van der Waals surface area contributed by atoms with Crippen LogP contribution < -0.4 is 5.32 Å². The van der Waals surface area contributed by atoms with Gasteiger partial charge in [-0.3, -0.25) is 4.90 Å². The van der Waals surface area contributed by atoms with E-state index in [0.717, 1.165) is 18.4 Å². The van der Waals surface area contributed by atoms with Crippen LogP contribution in [0.2, 0.25) is 0 Å². The highest BCUT2D eigenvalue weighted by Gasteiger charge is 2.12. The molecule has 2 unspecified atom stereocenters. The lowest BCUT2D eigenvalue weighted by Gasteiger charge is -2.28. The monoisotopic (exact) mass is 286 g/mol. The number of hydrogen-bond donors (Lipinski definition) is 1. The molecule has 0 radical (unpaired) electrons. The average molecular weight is 287 g/mol. The lowest BCUT2D eigenvalue weighted by molar-refractivity contribution is 0.185. The fourth-order valence-corrected chi connectivity index (χ4v) is 2.13. The predicted octanol–water partition coefficient (Wildman–Crippen LogP) is 4.79. The first-order valence-corrected chi connectivity index (χ1v) is 8.56. The van der Waals surface area contributed by atoms with E-state index in [1.807, 2.05) is 0 Å². The van der Waals surface area contributed by atoms with Gasteiger partial charge in [0.15, 0.2) is 0 Å². The van der Waals surface area contributed by atoms with Crippen molar-refractivity contribution < 1.29 is 0 Å². The third-order valence-electron chi connectivity index (χ3n) is 4.22. The first kappa shape index (κ1) is 22.2. The highest BCUT2D eigenvalue weighted by atomic mass is 15.2. The molecule has 0 rings (SSSR count). The van der Waals surface area contributed by atoms with Gasteiger partial charge in [0.25, 0.3) is 0 Å². The van der Waals surface area contributed by atoms with Crippen LogP contribution in [0.1, 0.15) is 76.2 Å². The third-order valence-corrected chi connectivity index (χ3v) is 4.22. The SMILES string of the molecule is CC(C)C(C)NC(C)C(C)C.CCN(C(C)C)C(C)C. The molecule has 20 heavy (non-hydrogen) atoms. The maximum Gasteiger partial charge on any atom is 0.00643 e. The highest BCUT2D eigenvalue weighted by molar-refractivity contribution is 4.71. The number of hydrogen-bond acceptors (Lipinski definition) is 2. The number of nitrogens with one attached hydrogen (secondary N) is 1. The standard InChI is InChI=1S/C10H23N.C8H19N/c1-7(2)9(5)11-10(6)8(3)4;1-6-9(7(2)3)8(4)5/h7-11H,1-6H3;7-8H,6H2,1-5H3. The summed E-state index contributed by atoms with van der Waals surface area (Å²) in [6.07, 6.45) is 0. The molecule has 0 aromatic rings. The van der Waals surface area contributed by atoms with E-state index in [2.05, 4.69) is 86.4 Å². The van der Waals surface area contributed by atoms with Crippen LogP contribution in [0.3, 0.4) is 0 Å². The summed E-state index contributed by atoms with van der Waals surface area (Å²) in [7, 11) is 0. The van der Waals surface area contributed by atoms with Gasteiger partial charge < -0.3 is 5.32 Å². The van der Waals surface area contributed by atoms with Gasteiger partial charge in [0.05, 0.1) is 0 Å². The van der Waals surface area contributed by atoms with Crippen LogP contribution in [0.5, 0.6) is 0 Å². The zero-order valence-corrected chi connectivity index (χ0v) is 16.1. The van der Waals surface area contributed by atoms with E-state index in [0.29, 0.717) is 24.2 Å². The molecule has 2 heteroatoms. The normalized spacial score (nSPS) is 15.0. The van der Waals surface area contributed by atoms with Gasteiger partial charge >= 0.3 is 0 Å². The highest BCUT2D eigenvalue weighted by Crippen LogP contribution is 2.06. The summed E-state index contributed by atoms with van der Waals surface area (Å²) < 4.78 is 0. The van der Waals surface area contributed by atoms with E-state index in [1.165, 1.54) is 0 Å². The van der Waals surface area contributed by atoms with Crippen LogP contribution in [0.4, 0.5) is 0 Å². The summed E-state index contributed by atoms with van der Waals surface area (Å²) in [6.45, 7) is 25.9. The van der Waals surface area contributed by atoms with Crippen LogP contribution in [0.15, 0.2) is 0 Å². The molecule has 0 aliphatic heterocycles. The Morgan fingerprint density at radius 1 is 0.650 bits per heavy atom. The molecule has 0 aliphatic rings. The largest absolute Gasteiger partial charge is 0.311 e. The molecule has 0 bridgehead atoms. The second-order valence-electron chi connectivity index (χ2n) is 7.25. The van der Waals surface area contributed by atoms with Crippen LogP contribution in [-0.2, 0) is 0 Å². The molecule has 0 aliphatic carbocycles. The summed E-state index contributed by atoms with van der Waals surface area (Å²) in [5.74, 6) is 1.47. The maximum absolute atomic E-state index is 3.58. The van der Waals surface area contributed by atoms with Gasteiger partial charge in [-0.05, 0) is 59.9 Å². The summed E-state index contributed by atoms with van der Waals surface area (Å²) in [5.41, 5.74) is 0. The zero-order valence-electron chi connectivity index (χ0n) is 16.1. The third kappa shape index (κ3) is 10.7. The molecule has 0 saturated carbocycles. The lowest BCUT2D eigenvalue weighted by atomic mass is 10.0. The second kappa shape index (κ2) is 11.6. The smallest absolute Gasteiger partial charge is 0.00643 e. The van der Waals surface area contributed by atoms with Gasteiger partial charge in [-0.1, -0.05) is 34.6 Å². The van der Waals surface area contributed by atoms with Crippen molar-refractivity contribution in [3.8, 4) is 0 Å². The first-order valence-electron chi connectivity index (χ1n) is 8.56. The number of rotatable bonds is 7. The van der Waals surface area contributed by atoms with E-state index in [9.17, 15) is 0 Å². The van der Waals surface area contributed by atoms with Gasteiger partial charge in [0.2, 0.25) is 0 Å². The van der Waals surface area contributed by atoms with E-state index >= 15 is 0 Å². The van der Waals surface area contributed by atoms with Crippen molar-refractivity contribution in [2.45, 2.75) is 100 Å². The Bertz CT molecular complexity index is 189. The fourth-order valence-electron chi connectivity index (χ4n) is 2.13. The molecular formula is C18H42N2. The minimum absolute atomic E-state index is 0.632. The Hall–Kier alpha value is -0.0800. The van der Waals surface area contributed by atoms with Crippen molar-refractivity contribution in [1.82, 2.24) is 10.2 Å². The van der Waals surface area contributed by atoms with Crippen LogP contribution >= 0.6 is 0 Å². The molecule has 0 spiro atoms. The molecular weight excluding hydrogens is 244 g/mol. The van der Waals surface area contributed by atoms with Crippen molar-refractivity contribution in [3.63, 3.8) is 0 Å². The Morgan fingerprint density at radius 3 is 1.05 bits per heavy atom. The van der Waals surface area contributed by atoms with Crippen molar-refractivity contribution in [2.75, 3.05) is 6.54 Å². The molecule has 0 saturated heterocycles. The Balaban J connectivity index is 0. The Morgan fingerprint density at radius 2 is 0.950 bits per heavy atom. The quantitative estimate of drug-likeness (QED) is 0.724. The number of nitrogens with zero attached hydrogens (tertiary/aromatic N) is 1. The van der Waals surface area contributed by atoms with Crippen molar-refractivity contribution in [2.24, 2.45) is 11.8 Å². The lowest BCUT2D eigenvalue weighted by Crippen LogP contribution is -2.40. The van der Waals surface area contributed by atoms with Crippen LogP contribution in [-0.4, -0.2) is 35.6 Å². The Labute approximate surface area is 129 Å². The average Bonchev–Trinajstić information content (AvgIpc) is 2.28. The maximum atomic E-state index is 3.58. The summed E-state index contributed by atoms with van der Waals surface area (Å²) >= 11 is 0. The fraction of sp³-hybridized carbons (Fsp3) is 1.00. The van der Waals surface area contributed by atoms with Gasteiger partial charge in [-0.2, -0.15) is 0 Å². The van der Waals surface area contributed by atoms with Gasteiger partial charge in [-0.15, -0.1) is 0 Å².